The van der Waals surface area contributed by atoms with E-state index in [1.54, 1.807) is 42.5 Å². The number of rotatable bonds is 4. The molecule has 158 valence electrons. The maximum Gasteiger partial charge on any atom is 0.230 e. The molecule has 0 aromatic heterocycles. The van der Waals surface area contributed by atoms with E-state index in [4.69, 9.17) is 4.99 Å². The summed E-state index contributed by atoms with van der Waals surface area (Å²) in [5.41, 5.74) is 4.24. The van der Waals surface area contributed by atoms with Gasteiger partial charge in [0.05, 0.1) is 34.8 Å². The van der Waals surface area contributed by atoms with E-state index >= 15 is 0 Å². The SMILES string of the molecule is CSc1cc(C2=Nc3ccc(C#Cc4ccccc4F)cc3NC(=O)C2)ccc1NC=O. The molecule has 2 N–H and O–H groups in total. The fourth-order valence-electron chi connectivity index (χ4n) is 3.26. The summed E-state index contributed by atoms with van der Waals surface area (Å²) in [5.74, 6) is 5.18. The van der Waals surface area contributed by atoms with E-state index in [0.29, 0.717) is 40.3 Å². The number of carbonyl (C=O) groups excluding carboxylic acids is 2. The molecular weight excluding hydrogens is 425 g/mol. The van der Waals surface area contributed by atoms with Gasteiger partial charge in [-0.25, -0.2) is 4.39 Å². The summed E-state index contributed by atoms with van der Waals surface area (Å²) in [6.45, 7) is 0. The van der Waals surface area contributed by atoms with E-state index in [-0.39, 0.29) is 18.1 Å². The monoisotopic (exact) mass is 443 g/mol. The van der Waals surface area contributed by atoms with E-state index in [1.807, 2.05) is 18.4 Å². The van der Waals surface area contributed by atoms with Gasteiger partial charge in [0.15, 0.2) is 0 Å². The Labute approximate surface area is 189 Å². The van der Waals surface area contributed by atoms with Crippen molar-refractivity contribution in [2.45, 2.75) is 11.3 Å². The van der Waals surface area contributed by atoms with Crippen LogP contribution in [-0.4, -0.2) is 24.3 Å². The lowest BCUT2D eigenvalue weighted by Crippen LogP contribution is -2.15. The number of thioether (sulfide) groups is 1. The minimum atomic E-state index is -0.378. The zero-order valence-electron chi connectivity index (χ0n) is 17.1. The molecular formula is C25H18FN3O2S. The van der Waals surface area contributed by atoms with Crippen LogP contribution in [-0.2, 0) is 9.59 Å². The molecule has 0 aliphatic carbocycles. The van der Waals surface area contributed by atoms with Crippen LogP contribution in [0.5, 0.6) is 0 Å². The molecule has 0 bridgehead atoms. The van der Waals surface area contributed by atoms with Gasteiger partial charge in [0.25, 0.3) is 0 Å². The third-order valence-electron chi connectivity index (χ3n) is 4.82. The van der Waals surface area contributed by atoms with Gasteiger partial charge >= 0.3 is 0 Å². The second kappa shape index (κ2) is 9.50. The molecule has 1 aliphatic heterocycles. The number of amides is 2. The quantitative estimate of drug-likeness (QED) is 0.339. The molecule has 2 amide bonds. The number of nitrogens with zero attached hydrogens (tertiary/aromatic N) is 1. The van der Waals surface area contributed by atoms with Crippen LogP contribution in [0, 0.1) is 17.7 Å². The Hall–Kier alpha value is -3.89. The Kier molecular flexibility index (Phi) is 6.34. The van der Waals surface area contributed by atoms with Crippen LogP contribution < -0.4 is 10.6 Å². The topological polar surface area (TPSA) is 70.6 Å². The van der Waals surface area contributed by atoms with Crippen molar-refractivity contribution in [3.63, 3.8) is 0 Å². The van der Waals surface area contributed by atoms with Crippen LogP contribution in [0.15, 0.2) is 70.6 Å². The average molecular weight is 444 g/mol. The molecule has 0 fully saturated rings. The molecule has 5 nitrogen and oxygen atoms in total. The predicted octanol–water partition coefficient (Wildman–Crippen LogP) is 4.98. The van der Waals surface area contributed by atoms with E-state index < -0.39 is 0 Å². The third-order valence-corrected chi connectivity index (χ3v) is 5.60. The van der Waals surface area contributed by atoms with Gasteiger partial charge in [-0.3, -0.25) is 14.6 Å². The van der Waals surface area contributed by atoms with Crippen LogP contribution in [0.2, 0.25) is 0 Å². The zero-order valence-corrected chi connectivity index (χ0v) is 17.9. The Balaban J connectivity index is 1.68. The number of hydrogen-bond donors (Lipinski definition) is 2. The van der Waals surface area contributed by atoms with Gasteiger partial charge < -0.3 is 10.6 Å². The first-order chi connectivity index (χ1) is 15.6. The van der Waals surface area contributed by atoms with Crippen molar-refractivity contribution >= 4 is 46.9 Å². The van der Waals surface area contributed by atoms with Crippen LogP contribution in [0.4, 0.5) is 21.5 Å². The van der Waals surface area contributed by atoms with Crippen LogP contribution in [0.3, 0.4) is 0 Å². The molecule has 3 aromatic rings. The first kappa shape index (κ1) is 21.3. The average Bonchev–Trinajstić information content (AvgIpc) is 2.96. The van der Waals surface area contributed by atoms with Crippen LogP contribution in [0.1, 0.15) is 23.1 Å². The number of aliphatic imine (C=N–C) groups is 1. The standard InChI is InChI=1S/C25H18FN3O2S/c1-32-24-13-18(9-11-21(24)27-15-30)22-14-25(31)29-23-12-16(7-10-20(23)28-22)6-8-17-4-2-3-5-19(17)26/h2-5,7,9-13,15H,14H2,1H3,(H,27,30)(H,29,31). The van der Waals surface area contributed by atoms with Crippen molar-refractivity contribution in [3.05, 3.63) is 83.2 Å². The first-order valence-electron chi connectivity index (χ1n) is 9.74. The van der Waals surface area contributed by atoms with Gasteiger partial charge in [-0.05, 0) is 54.3 Å². The van der Waals surface area contributed by atoms with Crippen molar-refractivity contribution in [2.24, 2.45) is 4.99 Å². The van der Waals surface area contributed by atoms with Gasteiger partial charge in [0, 0.05) is 10.5 Å². The smallest absolute Gasteiger partial charge is 0.230 e. The summed E-state index contributed by atoms with van der Waals surface area (Å²) in [7, 11) is 0. The minimum Gasteiger partial charge on any atom is -0.328 e. The molecule has 0 radical (unpaired) electrons. The molecule has 0 unspecified atom stereocenters. The highest BCUT2D eigenvalue weighted by atomic mass is 32.2. The van der Waals surface area contributed by atoms with Gasteiger partial charge in [0.2, 0.25) is 12.3 Å². The fraction of sp³-hybridized carbons (Fsp3) is 0.0800. The normalized spacial score (nSPS) is 12.4. The Morgan fingerprint density at radius 3 is 2.75 bits per heavy atom. The lowest BCUT2D eigenvalue weighted by molar-refractivity contribution is -0.115. The molecule has 0 saturated carbocycles. The van der Waals surface area contributed by atoms with Crippen molar-refractivity contribution in [2.75, 3.05) is 16.9 Å². The lowest BCUT2D eigenvalue weighted by Gasteiger charge is -2.10. The summed E-state index contributed by atoms with van der Waals surface area (Å²) < 4.78 is 13.8. The lowest BCUT2D eigenvalue weighted by atomic mass is 10.1. The Morgan fingerprint density at radius 2 is 1.97 bits per heavy atom. The molecule has 4 rings (SSSR count). The summed E-state index contributed by atoms with van der Waals surface area (Å²) in [6, 6.07) is 17.2. The number of carbonyl (C=O) groups is 2. The fourth-order valence-corrected chi connectivity index (χ4v) is 3.86. The highest BCUT2D eigenvalue weighted by Crippen LogP contribution is 2.32. The highest BCUT2D eigenvalue weighted by molar-refractivity contribution is 7.98. The van der Waals surface area contributed by atoms with Crippen molar-refractivity contribution in [1.82, 2.24) is 0 Å². The Bertz CT molecular complexity index is 1310. The summed E-state index contributed by atoms with van der Waals surface area (Å²) in [4.78, 5) is 28.9. The van der Waals surface area contributed by atoms with Gasteiger partial charge in [-0.1, -0.05) is 30.0 Å². The zero-order chi connectivity index (χ0) is 22.5. The van der Waals surface area contributed by atoms with E-state index in [9.17, 15) is 14.0 Å². The molecule has 1 aliphatic rings. The van der Waals surface area contributed by atoms with Crippen LogP contribution >= 0.6 is 11.8 Å². The number of hydrogen-bond acceptors (Lipinski definition) is 4. The summed E-state index contributed by atoms with van der Waals surface area (Å²) in [6.07, 6.45) is 2.66. The number of nitrogens with one attached hydrogen (secondary N) is 2. The number of anilines is 2. The number of halogens is 1. The third kappa shape index (κ3) is 4.71. The maximum atomic E-state index is 13.8. The minimum absolute atomic E-state index is 0.110. The van der Waals surface area contributed by atoms with Crippen LogP contribution in [0.25, 0.3) is 0 Å². The largest absolute Gasteiger partial charge is 0.328 e. The number of fused-ring (bicyclic) bond motifs is 1. The van der Waals surface area contributed by atoms with Crippen molar-refractivity contribution < 1.29 is 14.0 Å². The molecule has 0 atom stereocenters. The van der Waals surface area contributed by atoms with Crippen molar-refractivity contribution in [3.8, 4) is 11.8 Å². The highest BCUT2D eigenvalue weighted by Gasteiger charge is 2.18. The molecule has 3 aromatic carbocycles. The maximum absolute atomic E-state index is 13.8. The first-order valence-corrected chi connectivity index (χ1v) is 11.0. The van der Waals surface area contributed by atoms with Crippen molar-refractivity contribution in [1.29, 1.82) is 0 Å². The van der Waals surface area contributed by atoms with Gasteiger partial charge in [0.1, 0.15) is 5.82 Å². The summed E-state index contributed by atoms with van der Waals surface area (Å²) in [5, 5.41) is 5.54. The van der Waals surface area contributed by atoms with Gasteiger partial charge in [-0.2, -0.15) is 0 Å². The molecule has 7 heteroatoms. The Morgan fingerprint density at radius 1 is 1.12 bits per heavy atom. The van der Waals surface area contributed by atoms with E-state index in [1.165, 1.54) is 17.8 Å². The van der Waals surface area contributed by atoms with E-state index in [2.05, 4.69) is 22.5 Å². The summed E-state index contributed by atoms with van der Waals surface area (Å²) >= 11 is 1.49. The van der Waals surface area contributed by atoms with Gasteiger partial charge in [-0.15, -0.1) is 11.8 Å². The predicted molar refractivity (Wildman–Crippen MR) is 126 cm³/mol. The second-order valence-electron chi connectivity index (χ2n) is 6.92. The van der Waals surface area contributed by atoms with E-state index in [0.717, 1.165) is 10.5 Å². The number of benzene rings is 3. The molecule has 1 heterocycles. The second-order valence-corrected chi connectivity index (χ2v) is 7.77. The molecule has 0 saturated heterocycles. The molecule has 32 heavy (non-hydrogen) atoms. The molecule has 0 spiro atoms.